The van der Waals surface area contributed by atoms with Crippen molar-refractivity contribution in [3.05, 3.63) is 57.8 Å². The molecule has 0 aliphatic rings. The fraction of sp³-hybridized carbons (Fsp3) is 0.188. The maximum absolute atomic E-state index is 12.3. The van der Waals surface area contributed by atoms with Gasteiger partial charge in [-0.25, -0.2) is 0 Å². The average molecular weight is 368 g/mol. The van der Waals surface area contributed by atoms with Crippen LogP contribution in [0.5, 0.6) is 0 Å². The zero-order chi connectivity index (χ0) is 17.5. The summed E-state index contributed by atoms with van der Waals surface area (Å²) in [7, 11) is 1.54. The molecular formula is C16H15Cl2N3O3. The van der Waals surface area contributed by atoms with E-state index in [1.54, 1.807) is 19.2 Å². The first kappa shape index (κ1) is 18.2. The second-order valence-corrected chi connectivity index (χ2v) is 5.61. The third kappa shape index (κ3) is 4.92. The molecule has 0 unspecified atom stereocenters. The van der Waals surface area contributed by atoms with Crippen LogP contribution in [0.3, 0.4) is 0 Å². The van der Waals surface area contributed by atoms with Crippen LogP contribution in [0.4, 0.5) is 5.69 Å². The number of halogens is 2. The third-order valence-electron chi connectivity index (χ3n) is 3.03. The molecule has 0 fully saturated rings. The highest BCUT2D eigenvalue weighted by molar-refractivity contribution is 6.42. The molecule has 8 heteroatoms. The number of nitrogens with zero attached hydrogens (tertiary/aromatic N) is 1. The molecule has 0 saturated carbocycles. The molecule has 126 valence electrons. The van der Waals surface area contributed by atoms with Gasteiger partial charge in [0, 0.05) is 31.7 Å². The van der Waals surface area contributed by atoms with Crippen molar-refractivity contribution in [2.45, 2.75) is 0 Å². The Bertz CT molecular complexity index is 753. The quantitative estimate of drug-likeness (QED) is 0.769. The van der Waals surface area contributed by atoms with Gasteiger partial charge in [-0.1, -0.05) is 23.2 Å². The molecule has 24 heavy (non-hydrogen) atoms. The lowest BCUT2D eigenvalue weighted by Crippen LogP contribution is -2.27. The van der Waals surface area contributed by atoms with Gasteiger partial charge in [0.15, 0.2) is 0 Å². The number of aromatic nitrogens is 1. The zero-order valence-electron chi connectivity index (χ0n) is 12.8. The Morgan fingerprint density at radius 2 is 1.79 bits per heavy atom. The van der Waals surface area contributed by atoms with Crippen LogP contribution in [0.25, 0.3) is 0 Å². The first-order valence-corrected chi connectivity index (χ1v) is 7.75. The van der Waals surface area contributed by atoms with Crippen LogP contribution in [-0.2, 0) is 4.74 Å². The molecule has 0 spiro atoms. The van der Waals surface area contributed by atoms with E-state index in [4.69, 9.17) is 27.9 Å². The van der Waals surface area contributed by atoms with E-state index < -0.39 is 5.91 Å². The van der Waals surface area contributed by atoms with Gasteiger partial charge in [-0.2, -0.15) is 0 Å². The molecule has 0 aliphatic carbocycles. The van der Waals surface area contributed by atoms with Crippen molar-refractivity contribution in [3.63, 3.8) is 0 Å². The number of amides is 2. The topological polar surface area (TPSA) is 80.3 Å². The summed E-state index contributed by atoms with van der Waals surface area (Å²) in [5.41, 5.74) is 1.03. The standard InChI is InChI=1S/C16H15Cl2N3O3/c1-24-5-4-20-15(22)10-6-11(9-19-8-10)16(23)21-12-2-3-13(17)14(18)7-12/h2-3,6-9H,4-5H2,1H3,(H,20,22)(H,21,23). The van der Waals surface area contributed by atoms with Gasteiger partial charge in [0.05, 0.1) is 27.8 Å². The molecule has 1 aromatic carbocycles. The number of ether oxygens (including phenoxy) is 1. The van der Waals surface area contributed by atoms with Crippen molar-refractivity contribution in [1.29, 1.82) is 0 Å². The third-order valence-corrected chi connectivity index (χ3v) is 3.77. The lowest BCUT2D eigenvalue weighted by atomic mass is 10.2. The molecule has 0 radical (unpaired) electrons. The molecule has 2 aromatic rings. The Labute approximate surface area is 149 Å². The molecule has 0 bridgehead atoms. The predicted octanol–water partition coefficient (Wildman–Crippen LogP) is 3.02. The van der Waals surface area contributed by atoms with Crippen molar-refractivity contribution in [2.75, 3.05) is 25.6 Å². The Hall–Kier alpha value is -2.15. The van der Waals surface area contributed by atoms with Gasteiger partial charge in [-0.3, -0.25) is 14.6 Å². The summed E-state index contributed by atoms with van der Waals surface area (Å²) in [5.74, 6) is -0.740. The Morgan fingerprint density at radius 1 is 1.08 bits per heavy atom. The molecule has 0 saturated heterocycles. The maximum atomic E-state index is 12.3. The normalized spacial score (nSPS) is 10.3. The number of hydrogen-bond acceptors (Lipinski definition) is 4. The second-order valence-electron chi connectivity index (χ2n) is 4.79. The van der Waals surface area contributed by atoms with Crippen molar-refractivity contribution < 1.29 is 14.3 Å². The molecular weight excluding hydrogens is 353 g/mol. The van der Waals surface area contributed by atoms with Crippen LogP contribution in [0.1, 0.15) is 20.7 Å². The molecule has 1 aromatic heterocycles. The van der Waals surface area contributed by atoms with Crippen molar-refractivity contribution in [2.24, 2.45) is 0 Å². The molecule has 2 rings (SSSR count). The van der Waals surface area contributed by atoms with Crippen molar-refractivity contribution in [3.8, 4) is 0 Å². The van der Waals surface area contributed by atoms with Crippen LogP contribution in [-0.4, -0.2) is 37.1 Å². The minimum absolute atomic E-state index is 0.250. The number of carbonyl (C=O) groups excluding carboxylic acids is 2. The number of hydrogen-bond donors (Lipinski definition) is 2. The molecule has 1 heterocycles. The summed E-state index contributed by atoms with van der Waals surface area (Å²) in [6.45, 7) is 0.770. The SMILES string of the molecule is COCCNC(=O)c1cncc(C(=O)Nc2ccc(Cl)c(Cl)c2)c1. The van der Waals surface area contributed by atoms with E-state index in [1.165, 1.54) is 24.5 Å². The number of carbonyl (C=O) groups is 2. The predicted molar refractivity (Wildman–Crippen MR) is 92.9 cm³/mol. The number of benzene rings is 1. The zero-order valence-corrected chi connectivity index (χ0v) is 14.3. The molecule has 2 amide bonds. The van der Waals surface area contributed by atoms with E-state index >= 15 is 0 Å². The van der Waals surface area contributed by atoms with Gasteiger partial charge in [0.25, 0.3) is 11.8 Å². The summed E-state index contributed by atoms with van der Waals surface area (Å²) >= 11 is 11.7. The van der Waals surface area contributed by atoms with Gasteiger partial charge in [-0.15, -0.1) is 0 Å². The number of anilines is 1. The van der Waals surface area contributed by atoms with E-state index in [1.807, 2.05) is 0 Å². The average Bonchev–Trinajstić information content (AvgIpc) is 2.58. The highest BCUT2D eigenvalue weighted by Crippen LogP contribution is 2.25. The first-order valence-electron chi connectivity index (χ1n) is 7.00. The van der Waals surface area contributed by atoms with Crippen LogP contribution in [0, 0.1) is 0 Å². The number of rotatable bonds is 6. The van der Waals surface area contributed by atoms with Gasteiger partial charge >= 0.3 is 0 Å². The van der Waals surface area contributed by atoms with Crippen LogP contribution in [0.2, 0.25) is 10.0 Å². The Morgan fingerprint density at radius 3 is 2.46 bits per heavy atom. The van der Waals surface area contributed by atoms with Gasteiger partial charge in [-0.05, 0) is 24.3 Å². The minimum atomic E-state index is -0.410. The lowest BCUT2D eigenvalue weighted by molar-refractivity contribution is 0.0936. The molecule has 6 nitrogen and oxygen atoms in total. The van der Waals surface area contributed by atoms with E-state index in [-0.39, 0.29) is 17.0 Å². The Kier molecular flexibility index (Phi) is 6.54. The monoisotopic (exact) mass is 367 g/mol. The summed E-state index contributed by atoms with van der Waals surface area (Å²) in [5, 5.41) is 6.06. The number of nitrogens with one attached hydrogen (secondary N) is 2. The molecule has 0 atom stereocenters. The minimum Gasteiger partial charge on any atom is -0.383 e. The van der Waals surface area contributed by atoms with Gasteiger partial charge in [0.2, 0.25) is 0 Å². The van der Waals surface area contributed by atoms with Crippen molar-refractivity contribution >= 4 is 40.7 Å². The van der Waals surface area contributed by atoms with Gasteiger partial charge < -0.3 is 15.4 Å². The van der Waals surface area contributed by atoms with Crippen molar-refractivity contribution in [1.82, 2.24) is 10.3 Å². The highest BCUT2D eigenvalue weighted by atomic mass is 35.5. The van der Waals surface area contributed by atoms with E-state index in [0.717, 1.165) is 0 Å². The van der Waals surface area contributed by atoms with Gasteiger partial charge in [0.1, 0.15) is 0 Å². The summed E-state index contributed by atoms with van der Waals surface area (Å²) in [6, 6.07) is 6.21. The first-order chi connectivity index (χ1) is 11.5. The van der Waals surface area contributed by atoms with E-state index in [9.17, 15) is 9.59 Å². The lowest BCUT2D eigenvalue weighted by Gasteiger charge is -2.08. The van der Waals surface area contributed by atoms with E-state index in [2.05, 4.69) is 15.6 Å². The maximum Gasteiger partial charge on any atom is 0.257 e. The van der Waals surface area contributed by atoms with Crippen LogP contribution in [0.15, 0.2) is 36.7 Å². The van der Waals surface area contributed by atoms with Crippen LogP contribution >= 0.6 is 23.2 Å². The molecule has 0 aliphatic heterocycles. The van der Waals surface area contributed by atoms with E-state index in [0.29, 0.717) is 28.9 Å². The van der Waals surface area contributed by atoms with Crippen LogP contribution < -0.4 is 10.6 Å². The largest absolute Gasteiger partial charge is 0.383 e. The highest BCUT2D eigenvalue weighted by Gasteiger charge is 2.12. The Balaban J connectivity index is 2.08. The molecule has 2 N–H and O–H groups in total. The number of pyridine rings is 1. The smallest absolute Gasteiger partial charge is 0.257 e. The summed E-state index contributed by atoms with van der Waals surface area (Å²) in [4.78, 5) is 28.2. The fourth-order valence-electron chi connectivity index (χ4n) is 1.83. The summed E-state index contributed by atoms with van der Waals surface area (Å²) < 4.78 is 4.86. The second kappa shape index (κ2) is 8.63. The number of methoxy groups -OCH3 is 1. The fourth-order valence-corrected chi connectivity index (χ4v) is 2.13. The summed E-state index contributed by atoms with van der Waals surface area (Å²) in [6.07, 6.45) is 2.76.